The molecule has 0 radical (unpaired) electrons. The van der Waals surface area contributed by atoms with E-state index in [1.54, 1.807) is 0 Å². The Morgan fingerprint density at radius 2 is 0.830 bits per heavy atom. The molecule has 0 aromatic carbocycles. The Labute approximate surface area is 247 Å². The zero-order valence-corrected chi connectivity index (χ0v) is 23.4. The lowest BCUT2D eigenvalue weighted by molar-refractivity contribution is -0.440. The maximum atomic E-state index is 13.7. The summed E-state index contributed by atoms with van der Waals surface area (Å²) in [5.41, 5.74) is 0. The molecule has 1 unspecified atom stereocenters. The maximum absolute atomic E-state index is 13.7. The van der Waals surface area contributed by atoms with Gasteiger partial charge in [-0.1, -0.05) is 6.92 Å². The van der Waals surface area contributed by atoms with E-state index in [1.165, 1.54) is 6.92 Å². The number of rotatable bonds is 19. The highest BCUT2D eigenvalue weighted by atomic mass is 31.2. The van der Waals surface area contributed by atoms with Crippen molar-refractivity contribution in [2.75, 3.05) is 32.8 Å². The molecule has 0 aromatic heterocycles. The molecule has 0 amide bonds. The van der Waals surface area contributed by atoms with Gasteiger partial charge in [-0.3, -0.25) is 9.05 Å². The van der Waals surface area contributed by atoms with E-state index in [4.69, 9.17) is 0 Å². The summed E-state index contributed by atoms with van der Waals surface area (Å²) in [5.74, 6) is -59.0. The molecular formula is C19H20F22NO4P. The van der Waals surface area contributed by atoms with Gasteiger partial charge in [0.05, 0.1) is 13.2 Å². The normalized spacial score (nSPS) is 17.0. The molecule has 47 heavy (non-hydrogen) atoms. The van der Waals surface area contributed by atoms with Gasteiger partial charge in [0.25, 0.3) is 0 Å². The van der Waals surface area contributed by atoms with Gasteiger partial charge in [0, 0.05) is 25.9 Å². The molecule has 0 fully saturated rings. The van der Waals surface area contributed by atoms with Crippen molar-refractivity contribution in [3.05, 3.63) is 0 Å². The van der Waals surface area contributed by atoms with Gasteiger partial charge >= 0.3 is 67.6 Å². The molecule has 0 aliphatic carbocycles. The van der Waals surface area contributed by atoms with Crippen molar-refractivity contribution in [2.24, 2.45) is 0 Å². The van der Waals surface area contributed by atoms with E-state index in [1.807, 2.05) is 0 Å². The zero-order chi connectivity index (χ0) is 38.1. The second-order valence-corrected chi connectivity index (χ2v) is 10.8. The molecule has 0 bridgehead atoms. The van der Waals surface area contributed by atoms with Gasteiger partial charge in [0.2, 0.25) is 0 Å². The molecule has 5 nitrogen and oxygen atoms in total. The predicted molar refractivity (Wildman–Crippen MR) is 109 cm³/mol. The van der Waals surface area contributed by atoms with E-state index in [2.05, 4.69) is 9.05 Å². The summed E-state index contributed by atoms with van der Waals surface area (Å²) < 4.78 is 306. The van der Waals surface area contributed by atoms with E-state index in [9.17, 15) is 106 Å². The van der Waals surface area contributed by atoms with Crippen molar-refractivity contribution >= 4 is 7.82 Å². The van der Waals surface area contributed by atoms with E-state index >= 15 is 0 Å². The molecule has 0 aromatic rings. The Hall–Kier alpha value is -1.47. The fourth-order valence-corrected chi connectivity index (χ4v) is 3.79. The minimum atomic E-state index is -8.20. The van der Waals surface area contributed by atoms with Gasteiger partial charge in [-0.05, 0) is 13.0 Å². The summed E-state index contributed by atoms with van der Waals surface area (Å²) in [5, 5.41) is 0. The monoisotopic (exact) mass is 775 g/mol. The third-order valence-corrected chi connectivity index (χ3v) is 6.84. The van der Waals surface area contributed by atoms with Crippen molar-refractivity contribution < 1.29 is 115 Å². The first-order valence-corrected chi connectivity index (χ1v) is 13.3. The lowest BCUT2D eigenvalue weighted by Crippen LogP contribution is -2.70. The molecule has 0 spiro atoms. The fraction of sp³-hybridized carbons (Fsp3) is 1.00. The smallest absolute Gasteiger partial charge is 0.302 e. The molecule has 0 saturated carbocycles. The van der Waals surface area contributed by atoms with Gasteiger partial charge in [-0.15, -0.1) is 0 Å². The first-order chi connectivity index (χ1) is 20.3. The number of hydrogen-bond donors (Lipinski definition) is 1. The van der Waals surface area contributed by atoms with E-state index in [0.717, 1.165) is 0 Å². The second kappa shape index (κ2) is 14.0. The highest BCUT2D eigenvalue weighted by Gasteiger charge is 2.90. The van der Waals surface area contributed by atoms with Crippen LogP contribution in [0.15, 0.2) is 0 Å². The Kier molecular flexibility index (Phi) is 13.6. The Bertz CT molecular complexity index is 1080. The van der Waals surface area contributed by atoms with Crippen LogP contribution >= 0.6 is 7.82 Å². The van der Waals surface area contributed by atoms with Crippen LogP contribution < -0.4 is 0 Å². The SMILES string of the molecule is CCCN(CCOP(=O)(O)OCCC(F)(F)C(F)(F)C(F)(F)C(F)(F)C(F)(F)C(F)(F)F)CCC(F)(F)C(F)(F)C(F)(F)C(F)(F)F. The number of alkyl halides is 22. The van der Waals surface area contributed by atoms with E-state index in [0.29, 0.717) is 4.90 Å². The van der Waals surface area contributed by atoms with Crippen LogP contribution in [-0.2, 0) is 13.6 Å². The zero-order valence-electron chi connectivity index (χ0n) is 22.5. The summed E-state index contributed by atoms with van der Waals surface area (Å²) in [7, 11) is -5.85. The minimum absolute atomic E-state index is 0.115. The molecule has 0 saturated heterocycles. The number of phosphoric ester groups is 1. The van der Waals surface area contributed by atoms with Crippen LogP contribution in [-0.4, -0.2) is 102 Å². The molecule has 0 aliphatic heterocycles. The maximum Gasteiger partial charge on any atom is 0.472 e. The first kappa shape index (κ1) is 45.5. The van der Waals surface area contributed by atoms with Crippen LogP contribution in [0.3, 0.4) is 0 Å². The van der Waals surface area contributed by atoms with Crippen molar-refractivity contribution in [1.82, 2.24) is 4.90 Å². The number of nitrogens with zero attached hydrogens (tertiary/aromatic N) is 1. The average molecular weight is 775 g/mol. The third-order valence-electron chi connectivity index (χ3n) is 5.82. The van der Waals surface area contributed by atoms with Gasteiger partial charge in [-0.2, -0.15) is 96.6 Å². The lowest BCUT2D eigenvalue weighted by atomic mass is 9.93. The van der Waals surface area contributed by atoms with Crippen molar-refractivity contribution in [3.63, 3.8) is 0 Å². The number of halogens is 22. The van der Waals surface area contributed by atoms with Crippen LogP contribution in [0.2, 0.25) is 0 Å². The Morgan fingerprint density at radius 1 is 0.489 bits per heavy atom. The van der Waals surface area contributed by atoms with Crippen LogP contribution in [0.4, 0.5) is 96.6 Å². The predicted octanol–water partition coefficient (Wildman–Crippen LogP) is 8.82. The van der Waals surface area contributed by atoms with Crippen LogP contribution in [0.5, 0.6) is 0 Å². The quantitative estimate of drug-likeness (QED) is 0.105. The highest BCUT2D eigenvalue weighted by Crippen LogP contribution is 2.61. The van der Waals surface area contributed by atoms with Crippen molar-refractivity contribution in [2.45, 2.75) is 85.9 Å². The molecule has 284 valence electrons. The van der Waals surface area contributed by atoms with Crippen LogP contribution in [0, 0.1) is 0 Å². The molecule has 0 aliphatic rings. The lowest BCUT2D eigenvalue weighted by Gasteiger charge is -2.39. The molecule has 1 atom stereocenters. The largest absolute Gasteiger partial charge is 0.472 e. The van der Waals surface area contributed by atoms with E-state index < -0.39 is 113 Å². The fourth-order valence-electron chi connectivity index (χ4n) is 3.09. The van der Waals surface area contributed by atoms with Gasteiger partial charge < -0.3 is 9.79 Å². The first-order valence-electron chi connectivity index (χ1n) is 11.8. The third kappa shape index (κ3) is 9.01. The minimum Gasteiger partial charge on any atom is -0.302 e. The molecule has 28 heteroatoms. The highest BCUT2D eigenvalue weighted by molar-refractivity contribution is 7.47. The topological polar surface area (TPSA) is 59.0 Å². The van der Waals surface area contributed by atoms with Gasteiger partial charge in [-0.25, -0.2) is 4.57 Å². The molecule has 0 heterocycles. The summed E-state index contributed by atoms with van der Waals surface area (Å²) in [6.07, 6.45) is -20.4. The van der Waals surface area contributed by atoms with Gasteiger partial charge in [0.1, 0.15) is 0 Å². The van der Waals surface area contributed by atoms with Crippen molar-refractivity contribution in [1.29, 1.82) is 0 Å². The summed E-state index contributed by atoms with van der Waals surface area (Å²) in [4.78, 5) is 9.85. The molecular weight excluding hydrogens is 755 g/mol. The number of hydrogen-bond acceptors (Lipinski definition) is 4. The van der Waals surface area contributed by atoms with E-state index in [-0.39, 0.29) is 6.42 Å². The summed E-state index contributed by atoms with van der Waals surface area (Å²) >= 11 is 0. The van der Waals surface area contributed by atoms with Crippen LogP contribution in [0.1, 0.15) is 26.2 Å². The average Bonchev–Trinajstić information content (AvgIpc) is 2.84. The summed E-state index contributed by atoms with van der Waals surface area (Å²) in [6.45, 7) is -5.42. The standard InChI is InChI=1S/C19H20F22NO4P/c1-2-5-42(6-3-10(20,21)13(26,27)16(32,33)18(36,37)38)7-9-46-47(43,44)45-8-4-11(22,23)12(24,25)14(28,29)15(30,31)17(34,35)19(39,40)41/h2-9H2,1H3,(H,43,44). The van der Waals surface area contributed by atoms with Crippen molar-refractivity contribution in [3.8, 4) is 0 Å². The second-order valence-electron chi connectivity index (χ2n) is 9.33. The Balaban J connectivity index is 5.47. The number of phosphoric acid groups is 1. The van der Waals surface area contributed by atoms with Gasteiger partial charge in [0.15, 0.2) is 0 Å². The van der Waals surface area contributed by atoms with Crippen LogP contribution in [0.25, 0.3) is 0 Å². The molecule has 0 rings (SSSR count). The summed E-state index contributed by atoms with van der Waals surface area (Å²) in [6, 6.07) is 0. The molecule has 1 N–H and O–H groups in total. The Morgan fingerprint density at radius 3 is 1.23 bits per heavy atom.